The summed E-state index contributed by atoms with van der Waals surface area (Å²) in [6.45, 7) is 16.3. The molecule has 7 nitrogen and oxygen atoms in total. The van der Waals surface area contributed by atoms with Gasteiger partial charge in [-0.3, -0.25) is 19.6 Å². The van der Waals surface area contributed by atoms with E-state index < -0.39 is 0 Å². The number of aliphatic imine (C=N–C) groups is 2. The van der Waals surface area contributed by atoms with E-state index in [1.54, 1.807) is 55.2 Å². The number of hydrogen-bond acceptors (Lipinski definition) is 5. The number of nitrogens with zero attached hydrogens (tertiary/aromatic N) is 5. The molecular formula is C25H25N5O2. The summed E-state index contributed by atoms with van der Waals surface area (Å²) in [5, 5.41) is 0.675. The van der Waals surface area contributed by atoms with Gasteiger partial charge in [0.25, 0.3) is 11.1 Å². The first-order valence-electron chi connectivity index (χ1n) is 10.1. The molecule has 162 valence electrons. The van der Waals surface area contributed by atoms with E-state index in [0.717, 1.165) is 0 Å². The number of aromatic nitrogens is 3. The van der Waals surface area contributed by atoms with Gasteiger partial charge in [0.15, 0.2) is 0 Å². The smallest absolute Gasteiger partial charge is 0.260 e. The van der Waals surface area contributed by atoms with Crippen molar-refractivity contribution in [1.29, 1.82) is 0 Å². The minimum absolute atomic E-state index is 0.254. The van der Waals surface area contributed by atoms with Crippen LogP contribution in [0.4, 0.5) is 0 Å². The van der Waals surface area contributed by atoms with Crippen molar-refractivity contribution >= 4 is 34.2 Å². The van der Waals surface area contributed by atoms with Gasteiger partial charge in [0.05, 0.1) is 34.9 Å². The largest absolute Gasteiger partial charge is 0.310 e. The second kappa shape index (κ2) is 10.3. The van der Waals surface area contributed by atoms with E-state index in [2.05, 4.69) is 36.3 Å². The summed E-state index contributed by atoms with van der Waals surface area (Å²) >= 11 is 0. The average molecular weight is 428 g/mol. The lowest BCUT2D eigenvalue weighted by Crippen LogP contribution is -2.23. The van der Waals surface area contributed by atoms with Crippen molar-refractivity contribution in [3.8, 4) is 0 Å². The van der Waals surface area contributed by atoms with Crippen LogP contribution >= 0.6 is 0 Å². The fourth-order valence-corrected chi connectivity index (χ4v) is 3.35. The van der Waals surface area contributed by atoms with E-state index in [9.17, 15) is 9.59 Å². The van der Waals surface area contributed by atoms with Crippen molar-refractivity contribution in [1.82, 2.24) is 14.1 Å². The monoisotopic (exact) mass is 427 g/mol. The Morgan fingerprint density at radius 3 is 1.56 bits per heavy atom. The van der Waals surface area contributed by atoms with E-state index in [1.165, 1.54) is 9.13 Å². The SMILES string of the molecule is C=CCN=Cc1cn(CC=C)c(=O)c2cc3c(=O)n(CC=C)cc(C=NCC=C)c3nc12. The van der Waals surface area contributed by atoms with E-state index in [1.807, 2.05) is 0 Å². The zero-order chi connectivity index (χ0) is 23.1. The molecule has 0 atom stereocenters. The predicted octanol–water partition coefficient (Wildman–Crippen LogP) is 3.29. The molecule has 0 radical (unpaired) electrons. The molecular weight excluding hydrogens is 402 g/mol. The van der Waals surface area contributed by atoms with Crippen molar-refractivity contribution in [2.45, 2.75) is 13.1 Å². The van der Waals surface area contributed by atoms with Crippen LogP contribution < -0.4 is 11.1 Å². The van der Waals surface area contributed by atoms with Gasteiger partial charge in [-0.25, -0.2) is 4.98 Å². The molecule has 3 heterocycles. The van der Waals surface area contributed by atoms with E-state index >= 15 is 0 Å². The molecule has 0 aliphatic rings. The normalized spacial score (nSPS) is 11.5. The molecule has 0 saturated heterocycles. The molecule has 0 amide bonds. The second-order valence-corrected chi connectivity index (χ2v) is 7.01. The zero-order valence-electron chi connectivity index (χ0n) is 17.9. The molecule has 32 heavy (non-hydrogen) atoms. The van der Waals surface area contributed by atoms with Crippen molar-refractivity contribution in [2.24, 2.45) is 9.98 Å². The molecule has 0 aliphatic carbocycles. The van der Waals surface area contributed by atoms with Crippen LogP contribution in [0.3, 0.4) is 0 Å². The summed E-state index contributed by atoms with van der Waals surface area (Å²) in [6, 6.07) is 1.61. The Kier molecular flexibility index (Phi) is 7.23. The molecule has 3 aromatic heterocycles. The fraction of sp³-hybridized carbons (Fsp3) is 0.160. The molecule has 0 spiro atoms. The second-order valence-electron chi connectivity index (χ2n) is 7.01. The van der Waals surface area contributed by atoms with Gasteiger partial charge < -0.3 is 9.13 Å². The third-order valence-corrected chi connectivity index (χ3v) is 4.72. The first kappa shape index (κ1) is 22.6. The molecule has 7 heteroatoms. The summed E-state index contributed by atoms with van der Waals surface area (Å²) in [4.78, 5) is 39.6. The topological polar surface area (TPSA) is 81.6 Å². The van der Waals surface area contributed by atoms with Crippen LogP contribution in [0, 0.1) is 0 Å². The molecule has 0 saturated carbocycles. The highest BCUT2D eigenvalue weighted by atomic mass is 16.1. The fourth-order valence-electron chi connectivity index (χ4n) is 3.35. The Morgan fingerprint density at radius 2 is 1.19 bits per heavy atom. The predicted molar refractivity (Wildman–Crippen MR) is 133 cm³/mol. The lowest BCUT2D eigenvalue weighted by atomic mass is 10.1. The summed E-state index contributed by atoms with van der Waals surface area (Å²) in [5.74, 6) is 0. The van der Waals surface area contributed by atoms with Crippen LogP contribution in [0.25, 0.3) is 21.8 Å². The van der Waals surface area contributed by atoms with Crippen LogP contribution in [0.2, 0.25) is 0 Å². The average Bonchev–Trinajstić information content (AvgIpc) is 2.79. The van der Waals surface area contributed by atoms with Gasteiger partial charge in [-0.2, -0.15) is 0 Å². The van der Waals surface area contributed by atoms with Gasteiger partial charge in [0, 0.05) is 49.0 Å². The van der Waals surface area contributed by atoms with E-state index in [-0.39, 0.29) is 11.1 Å². The number of allylic oxidation sites excluding steroid dienone is 2. The van der Waals surface area contributed by atoms with Crippen molar-refractivity contribution in [3.05, 3.63) is 101 Å². The molecule has 0 N–H and O–H groups in total. The first-order valence-corrected chi connectivity index (χ1v) is 10.1. The summed E-state index contributed by atoms with van der Waals surface area (Å²) in [7, 11) is 0. The molecule has 3 rings (SSSR count). The number of rotatable bonds is 10. The maximum Gasteiger partial charge on any atom is 0.260 e. The van der Waals surface area contributed by atoms with E-state index in [0.29, 0.717) is 59.1 Å². The van der Waals surface area contributed by atoms with Crippen molar-refractivity contribution in [2.75, 3.05) is 13.1 Å². The Bertz CT molecular complexity index is 1290. The Hall–Kier alpha value is -4.13. The van der Waals surface area contributed by atoms with E-state index in [4.69, 9.17) is 4.98 Å². The highest BCUT2D eigenvalue weighted by Crippen LogP contribution is 2.20. The van der Waals surface area contributed by atoms with Crippen LogP contribution in [-0.4, -0.2) is 39.6 Å². The maximum absolute atomic E-state index is 13.1. The quantitative estimate of drug-likeness (QED) is 0.283. The third-order valence-electron chi connectivity index (χ3n) is 4.72. The summed E-state index contributed by atoms with van der Waals surface area (Å²) < 4.78 is 3.05. The standard InChI is InChI=1S/C25H25N5O2/c1-5-9-26-14-18-16-29(11-7-3)24(31)20-13-21-23(28-22(18)20)19(15-27-10-6-2)17-30(12-8-4)25(21)32/h5-8,13-17H,1-4,9-12H2. The van der Waals surface area contributed by atoms with Gasteiger partial charge in [-0.15, -0.1) is 26.3 Å². The summed E-state index contributed by atoms with van der Waals surface area (Å²) in [5.41, 5.74) is 1.75. The molecule has 3 aromatic rings. The molecule has 0 aromatic carbocycles. The van der Waals surface area contributed by atoms with Crippen molar-refractivity contribution in [3.63, 3.8) is 0 Å². The van der Waals surface area contributed by atoms with Crippen LogP contribution in [0.15, 0.2) is 88.7 Å². The molecule has 0 bridgehead atoms. The highest BCUT2D eigenvalue weighted by molar-refractivity contribution is 6.05. The molecule has 0 aliphatic heterocycles. The van der Waals surface area contributed by atoms with Crippen LogP contribution in [-0.2, 0) is 13.1 Å². The lowest BCUT2D eigenvalue weighted by molar-refractivity contribution is 0.785. The minimum Gasteiger partial charge on any atom is -0.310 e. The Balaban J connectivity index is 2.46. The van der Waals surface area contributed by atoms with Gasteiger partial charge >= 0.3 is 0 Å². The first-order chi connectivity index (χ1) is 15.5. The molecule has 0 fully saturated rings. The highest BCUT2D eigenvalue weighted by Gasteiger charge is 2.15. The van der Waals surface area contributed by atoms with Gasteiger partial charge in [-0.1, -0.05) is 24.3 Å². The Labute approximate surface area is 185 Å². The van der Waals surface area contributed by atoms with Crippen LogP contribution in [0.5, 0.6) is 0 Å². The Morgan fingerprint density at radius 1 is 0.750 bits per heavy atom. The number of fused-ring (bicyclic) bond motifs is 2. The van der Waals surface area contributed by atoms with Gasteiger partial charge in [0.2, 0.25) is 0 Å². The third kappa shape index (κ3) is 4.46. The molecule has 0 unspecified atom stereocenters. The minimum atomic E-state index is -0.254. The number of hydrogen-bond donors (Lipinski definition) is 0. The van der Waals surface area contributed by atoms with Gasteiger partial charge in [-0.05, 0) is 6.07 Å². The zero-order valence-corrected chi connectivity index (χ0v) is 17.9. The maximum atomic E-state index is 13.1. The lowest BCUT2D eigenvalue weighted by Gasteiger charge is -2.12. The summed E-state index contributed by atoms with van der Waals surface area (Å²) in [6.07, 6.45) is 13.3. The van der Waals surface area contributed by atoms with Gasteiger partial charge in [0.1, 0.15) is 0 Å². The van der Waals surface area contributed by atoms with Crippen molar-refractivity contribution < 1.29 is 0 Å². The number of pyridine rings is 3. The van der Waals surface area contributed by atoms with Crippen LogP contribution in [0.1, 0.15) is 11.1 Å².